The minimum absolute atomic E-state index is 0.00964. The Kier molecular flexibility index (Phi) is 5.55. The van der Waals surface area contributed by atoms with Gasteiger partial charge in [-0.25, -0.2) is 14.3 Å². The first-order valence-corrected chi connectivity index (χ1v) is 9.24. The third-order valence-electron chi connectivity index (χ3n) is 4.68. The van der Waals surface area contributed by atoms with Gasteiger partial charge in [0, 0.05) is 5.56 Å². The Balaban J connectivity index is 2.27. The normalized spacial score (nSPS) is 11.2. The summed E-state index contributed by atoms with van der Waals surface area (Å²) in [6.07, 6.45) is 0. The third kappa shape index (κ3) is 3.92. The lowest BCUT2D eigenvalue weighted by molar-refractivity contribution is 0.0549. The Hall–Kier alpha value is -3.41. The molecule has 0 N–H and O–H groups in total. The molecule has 3 aromatic rings. The Morgan fingerprint density at radius 3 is 1.97 bits per heavy atom. The highest BCUT2D eigenvalue weighted by molar-refractivity contribution is 6.06. The van der Waals surface area contributed by atoms with Crippen LogP contribution in [0.1, 0.15) is 47.2 Å². The number of methoxy groups -OCH3 is 2. The molecule has 0 atom stereocenters. The average molecular weight is 392 g/mol. The fourth-order valence-corrected chi connectivity index (χ4v) is 3.08. The van der Waals surface area contributed by atoms with E-state index >= 15 is 0 Å². The van der Waals surface area contributed by atoms with Crippen LogP contribution >= 0.6 is 0 Å². The molecular weight excluding hydrogens is 368 g/mol. The van der Waals surface area contributed by atoms with Gasteiger partial charge in [0.25, 0.3) is 0 Å². The summed E-state index contributed by atoms with van der Waals surface area (Å²) >= 11 is 0. The van der Waals surface area contributed by atoms with Gasteiger partial charge in [-0.2, -0.15) is 5.10 Å². The van der Waals surface area contributed by atoms with E-state index in [9.17, 15) is 9.59 Å². The molecule has 0 spiro atoms. The molecule has 6 nitrogen and oxygen atoms in total. The van der Waals surface area contributed by atoms with Crippen molar-refractivity contribution in [2.45, 2.75) is 26.2 Å². The Morgan fingerprint density at radius 2 is 1.45 bits per heavy atom. The standard InChI is InChI=1S/C23H24N2O4/c1-23(2,3)16-13-11-15(12-14-16)19-18(21(26)28-4)20(22(27)29-5)25(24-19)17-9-7-6-8-10-17/h6-14H,1-5H3. The van der Waals surface area contributed by atoms with Crippen LogP contribution in [0.25, 0.3) is 16.9 Å². The smallest absolute Gasteiger partial charge is 0.357 e. The second-order valence-electron chi connectivity index (χ2n) is 7.63. The molecule has 29 heavy (non-hydrogen) atoms. The van der Waals surface area contributed by atoms with Crippen LogP contribution in [0.15, 0.2) is 54.6 Å². The van der Waals surface area contributed by atoms with Crippen LogP contribution in [0.5, 0.6) is 0 Å². The summed E-state index contributed by atoms with van der Waals surface area (Å²) in [5.41, 5.74) is 2.95. The molecule has 6 heteroatoms. The monoisotopic (exact) mass is 392 g/mol. The molecule has 0 fully saturated rings. The maximum Gasteiger partial charge on any atom is 0.357 e. The Morgan fingerprint density at radius 1 is 0.862 bits per heavy atom. The van der Waals surface area contributed by atoms with Crippen LogP contribution in [0, 0.1) is 0 Å². The number of ether oxygens (including phenoxy) is 2. The van der Waals surface area contributed by atoms with Crippen LogP contribution < -0.4 is 0 Å². The van der Waals surface area contributed by atoms with E-state index in [1.807, 2.05) is 42.5 Å². The lowest BCUT2D eigenvalue weighted by Gasteiger charge is -2.19. The molecule has 0 saturated carbocycles. The van der Waals surface area contributed by atoms with Crippen LogP contribution in [-0.2, 0) is 14.9 Å². The van der Waals surface area contributed by atoms with Crippen molar-refractivity contribution in [3.8, 4) is 16.9 Å². The average Bonchev–Trinajstić information content (AvgIpc) is 3.13. The van der Waals surface area contributed by atoms with E-state index in [0.717, 1.165) is 5.56 Å². The number of nitrogens with zero attached hydrogens (tertiary/aromatic N) is 2. The van der Waals surface area contributed by atoms with Gasteiger partial charge >= 0.3 is 11.9 Å². The van der Waals surface area contributed by atoms with E-state index in [-0.39, 0.29) is 16.7 Å². The fourth-order valence-electron chi connectivity index (χ4n) is 3.08. The topological polar surface area (TPSA) is 70.4 Å². The van der Waals surface area contributed by atoms with Gasteiger partial charge in [-0.05, 0) is 23.1 Å². The zero-order chi connectivity index (χ0) is 21.2. The highest BCUT2D eigenvalue weighted by atomic mass is 16.5. The number of rotatable bonds is 4. The maximum atomic E-state index is 12.6. The number of para-hydroxylation sites is 1. The Bertz CT molecular complexity index is 1030. The van der Waals surface area contributed by atoms with Crippen molar-refractivity contribution in [1.82, 2.24) is 9.78 Å². The van der Waals surface area contributed by atoms with Gasteiger partial charge in [0.1, 0.15) is 11.3 Å². The molecule has 0 aliphatic rings. The van der Waals surface area contributed by atoms with E-state index < -0.39 is 11.9 Å². The van der Waals surface area contributed by atoms with Gasteiger partial charge in [0.15, 0.2) is 5.69 Å². The summed E-state index contributed by atoms with van der Waals surface area (Å²) in [5, 5.41) is 4.60. The van der Waals surface area contributed by atoms with Crippen molar-refractivity contribution in [1.29, 1.82) is 0 Å². The Labute approximate surface area is 170 Å². The van der Waals surface area contributed by atoms with Gasteiger partial charge in [-0.1, -0.05) is 63.2 Å². The molecule has 0 amide bonds. The number of hydrogen-bond acceptors (Lipinski definition) is 5. The zero-order valence-corrected chi connectivity index (χ0v) is 17.2. The lowest BCUT2D eigenvalue weighted by Crippen LogP contribution is -2.15. The predicted octanol–water partition coefficient (Wildman–Crippen LogP) is 4.41. The van der Waals surface area contributed by atoms with Gasteiger partial charge in [-0.15, -0.1) is 0 Å². The number of carbonyl (C=O) groups is 2. The SMILES string of the molecule is COC(=O)c1c(-c2ccc(C(C)(C)C)cc2)nn(-c2ccccc2)c1C(=O)OC. The molecule has 3 rings (SSSR count). The van der Waals surface area contributed by atoms with Crippen molar-refractivity contribution in [3.63, 3.8) is 0 Å². The molecule has 2 aromatic carbocycles. The van der Waals surface area contributed by atoms with Crippen molar-refractivity contribution in [2.75, 3.05) is 14.2 Å². The molecule has 0 bridgehead atoms. The van der Waals surface area contributed by atoms with E-state index in [1.165, 1.54) is 18.9 Å². The predicted molar refractivity (Wildman–Crippen MR) is 110 cm³/mol. The van der Waals surface area contributed by atoms with Crippen LogP contribution in [-0.4, -0.2) is 35.9 Å². The van der Waals surface area contributed by atoms with Crippen molar-refractivity contribution < 1.29 is 19.1 Å². The number of hydrogen-bond donors (Lipinski definition) is 0. The molecule has 0 aliphatic heterocycles. The van der Waals surface area contributed by atoms with Gasteiger partial charge in [0.2, 0.25) is 0 Å². The summed E-state index contributed by atoms with van der Waals surface area (Å²) in [6.45, 7) is 6.38. The van der Waals surface area contributed by atoms with E-state index in [2.05, 4.69) is 25.9 Å². The molecule has 1 aromatic heterocycles. The second-order valence-corrected chi connectivity index (χ2v) is 7.63. The zero-order valence-electron chi connectivity index (χ0n) is 17.2. The minimum atomic E-state index is -0.667. The van der Waals surface area contributed by atoms with Crippen LogP contribution in [0.3, 0.4) is 0 Å². The van der Waals surface area contributed by atoms with Gasteiger partial charge < -0.3 is 9.47 Å². The highest BCUT2D eigenvalue weighted by Crippen LogP contribution is 2.31. The first-order valence-electron chi connectivity index (χ1n) is 9.24. The van der Waals surface area contributed by atoms with Crippen LogP contribution in [0.2, 0.25) is 0 Å². The summed E-state index contributed by atoms with van der Waals surface area (Å²) in [5.74, 6) is -1.32. The number of esters is 2. The van der Waals surface area contributed by atoms with E-state index in [1.54, 1.807) is 12.1 Å². The number of aromatic nitrogens is 2. The molecule has 0 unspecified atom stereocenters. The lowest BCUT2D eigenvalue weighted by atomic mass is 9.86. The highest BCUT2D eigenvalue weighted by Gasteiger charge is 2.31. The third-order valence-corrected chi connectivity index (χ3v) is 4.68. The van der Waals surface area contributed by atoms with Crippen molar-refractivity contribution in [3.05, 3.63) is 71.4 Å². The summed E-state index contributed by atoms with van der Waals surface area (Å²) < 4.78 is 11.3. The number of benzene rings is 2. The van der Waals surface area contributed by atoms with Crippen LogP contribution in [0.4, 0.5) is 0 Å². The van der Waals surface area contributed by atoms with E-state index in [0.29, 0.717) is 16.9 Å². The first-order chi connectivity index (χ1) is 13.8. The second kappa shape index (κ2) is 7.91. The van der Waals surface area contributed by atoms with Crippen molar-refractivity contribution >= 4 is 11.9 Å². The first kappa shape index (κ1) is 20.3. The molecular formula is C23H24N2O4. The minimum Gasteiger partial charge on any atom is -0.465 e. The maximum absolute atomic E-state index is 12.6. The summed E-state index contributed by atoms with van der Waals surface area (Å²) in [7, 11) is 2.54. The fraction of sp³-hybridized carbons (Fsp3) is 0.261. The molecule has 150 valence electrons. The summed E-state index contributed by atoms with van der Waals surface area (Å²) in [4.78, 5) is 25.2. The number of carbonyl (C=O) groups excluding carboxylic acids is 2. The molecule has 1 heterocycles. The van der Waals surface area contributed by atoms with Gasteiger partial charge in [0.05, 0.1) is 19.9 Å². The molecule has 0 radical (unpaired) electrons. The summed E-state index contributed by atoms with van der Waals surface area (Å²) in [6, 6.07) is 16.9. The largest absolute Gasteiger partial charge is 0.465 e. The molecule has 0 saturated heterocycles. The molecule has 0 aliphatic carbocycles. The quantitative estimate of drug-likeness (QED) is 0.615. The van der Waals surface area contributed by atoms with E-state index in [4.69, 9.17) is 9.47 Å². The van der Waals surface area contributed by atoms with Gasteiger partial charge in [-0.3, -0.25) is 0 Å². The van der Waals surface area contributed by atoms with Crippen molar-refractivity contribution in [2.24, 2.45) is 0 Å².